The van der Waals surface area contributed by atoms with E-state index in [2.05, 4.69) is 5.16 Å². The third-order valence-corrected chi connectivity index (χ3v) is 7.10. The molecule has 10 heteroatoms. The first kappa shape index (κ1) is 16.5. The van der Waals surface area contributed by atoms with Gasteiger partial charge in [0.1, 0.15) is 4.21 Å². The molecule has 1 fully saturated rings. The Kier molecular flexibility index (Phi) is 5.10. The predicted octanol–water partition coefficient (Wildman–Crippen LogP) is 0.843. The molecule has 1 unspecified atom stereocenters. The minimum atomic E-state index is -3.49. The number of nitrogens with two attached hydrogens (primary N) is 1. The molecule has 1 atom stereocenters. The van der Waals surface area contributed by atoms with E-state index in [1.165, 1.54) is 10.4 Å². The number of oxime groups is 1. The second-order valence-corrected chi connectivity index (χ2v) is 8.58. The molecule has 3 N–H and O–H groups in total. The lowest BCUT2D eigenvalue weighted by Crippen LogP contribution is -2.54. The van der Waals surface area contributed by atoms with E-state index < -0.39 is 10.0 Å². The van der Waals surface area contributed by atoms with Gasteiger partial charge < -0.3 is 10.9 Å². The summed E-state index contributed by atoms with van der Waals surface area (Å²) in [4.78, 5) is 1.97. The first-order valence-electron chi connectivity index (χ1n) is 6.33. The van der Waals surface area contributed by atoms with Gasteiger partial charge in [-0.3, -0.25) is 4.90 Å². The third kappa shape index (κ3) is 3.49. The highest BCUT2D eigenvalue weighted by Gasteiger charge is 2.31. The number of thiophene rings is 1. The minimum Gasteiger partial charge on any atom is -0.409 e. The van der Waals surface area contributed by atoms with Crippen LogP contribution in [0, 0.1) is 0 Å². The van der Waals surface area contributed by atoms with Crippen LogP contribution < -0.4 is 5.73 Å². The molecule has 0 bridgehead atoms. The van der Waals surface area contributed by atoms with Crippen molar-refractivity contribution in [1.29, 1.82) is 0 Å². The highest BCUT2D eigenvalue weighted by atomic mass is 35.5. The summed E-state index contributed by atoms with van der Waals surface area (Å²) >= 11 is 6.85. The Morgan fingerprint density at radius 3 is 2.52 bits per heavy atom. The maximum absolute atomic E-state index is 12.4. The van der Waals surface area contributed by atoms with Crippen LogP contribution in [-0.4, -0.2) is 60.9 Å². The van der Waals surface area contributed by atoms with Crippen molar-refractivity contribution in [3.63, 3.8) is 0 Å². The topological polar surface area (TPSA) is 99.2 Å². The fraction of sp³-hybridized carbons (Fsp3) is 0.545. The Morgan fingerprint density at radius 2 is 2.05 bits per heavy atom. The summed E-state index contributed by atoms with van der Waals surface area (Å²) in [7, 11) is -3.49. The molecule has 118 valence electrons. The largest absolute Gasteiger partial charge is 0.409 e. The molecule has 1 aromatic rings. The molecule has 1 aromatic heterocycles. The zero-order valence-corrected chi connectivity index (χ0v) is 13.8. The predicted molar refractivity (Wildman–Crippen MR) is 82.5 cm³/mol. The molecule has 0 saturated carbocycles. The number of halogens is 1. The second kappa shape index (κ2) is 6.49. The lowest BCUT2D eigenvalue weighted by atomic mass is 10.2. The Labute approximate surface area is 132 Å². The summed E-state index contributed by atoms with van der Waals surface area (Å²) in [5.74, 6) is 0.122. The lowest BCUT2D eigenvalue weighted by molar-refractivity contribution is 0.171. The van der Waals surface area contributed by atoms with Crippen molar-refractivity contribution in [3.05, 3.63) is 16.5 Å². The van der Waals surface area contributed by atoms with Crippen molar-refractivity contribution in [3.8, 4) is 0 Å². The summed E-state index contributed by atoms with van der Waals surface area (Å²) in [6, 6.07) is 2.87. The van der Waals surface area contributed by atoms with Crippen LogP contribution in [0.4, 0.5) is 0 Å². The van der Waals surface area contributed by atoms with E-state index in [0.29, 0.717) is 30.5 Å². The average Bonchev–Trinajstić information content (AvgIpc) is 2.93. The number of rotatable bonds is 4. The number of hydrogen-bond acceptors (Lipinski definition) is 6. The van der Waals surface area contributed by atoms with Crippen LogP contribution in [-0.2, 0) is 10.0 Å². The monoisotopic (exact) mass is 352 g/mol. The smallest absolute Gasteiger partial charge is 0.252 e. The molecule has 0 amide bonds. The van der Waals surface area contributed by atoms with Gasteiger partial charge in [-0.25, -0.2) is 8.42 Å². The quantitative estimate of drug-likeness (QED) is 0.362. The van der Waals surface area contributed by atoms with Crippen molar-refractivity contribution in [2.45, 2.75) is 17.2 Å². The zero-order valence-electron chi connectivity index (χ0n) is 11.4. The van der Waals surface area contributed by atoms with Crippen molar-refractivity contribution in [2.75, 3.05) is 26.2 Å². The SMILES string of the molecule is CC(C(N)=NO)N1CCN(S(=O)(=O)c2ccc(Cl)s2)CC1. The molecule has 1 saturated heterocycles. The van der Waals surface area contributed by atoms with E-state index in [-0.39, 0.29) is 16.1 Å². The molecule has 1 aliphatic rings. The van der Waals surface area contributed by atoms with Crippen LogP contribution >= 0.6 is 22.9 Å². The van der Waals surface area contributed by atoms with Crippen molar-refractivity contribution in [1.82, 2.24) is 9.21 Å². The summed E-state index contributed by atoms with van der Waals surface area (Å²) in [5, 5.41) is 11.7. The van der Waals surface area contributed by atoms with E-state index >= 15 is 0 Å². The van der Waals surface area contributed by atoms with Crippen LogP contribution in [0.25, 0.3) is 0 Å². The highest BCUT2D eigenvalue weighted by Crippen LogP contribution is 2.28. The molecular formula is C11H17ClN4O3S2. The fourth-order valence-electron chi connectivity index (χ4n) is 2.17. The normalized spacial score (nSPS) is 20.6. The summed E-state index contributed by atoms with van der Waals surface area (Å²) < 4.78 is 27.0. The lowest BCUT2D eigenvalue weighted by Gasteiger charge is -2.36. The maximum atomic E-state index is 12.4. The number of sulfonamides is 1. The number of amidine groups is 1. The van der Waals surface area contributed by atoms with Gasteiger partial charge in [0.15, 0.2) is 5.84 Å². The van der Waals surface area contributed by atoms with E-state index in [9.17, 15) is 8.42 Å². The highest BCUT2D eigenvalue weighted by molar-refractivity contribution is 7.91. The minimum absolute atomic E-state index is 0.122. The second-order valence-electron chi connectivity index (χ2n) is 4.70. The van der Waals surface area contributed by atoms with Gasteiger partial charge in [-0.15, -0.1) is 11.3 Å². The molecule has 21 heavy (non-hydrogen) atoms. The van der Waals surface area contributed by atoms with Gasteiger partial charge in [0.05, 0.1) is 10.4 Å². The van der Waals surface area contributed by atoms with Gasteiger partial charge in [-0.05, 0) is 19.1 Å². The molecule has 1 aliphatic heterocycles. The molecule has 7 nitrogen and oxygen atoms in total. The van der Waals surface area contributed by atoms with Crippen LogP contribution in [0.1, 0.15) is 6.92 Å². The Balaban J connectivity index is 2.04. The number of piperazine rings is 1. The van der Waals surface area contributed by atoms with Crippen molar-refractivity contribution in [2.24, 2.45) is 10.9 Å². The molecule has 0 aromatic carbocycles. The Hall–Kier alpha value is -0.870. The van der Waals surface area contributed by atoms with Crippen molar-refractivity contribution < 1.29 is 13.6 Å². The van der Waals surface area contributed by atoms with Gasteiger partial charge in [0.2, 0.25) is 0 Å². The van der Waals surface area contributed by atoms with Gasteiger partial charge >= 0.3 is 0 Å². The first-order valence-corrected chi connectivity index (χ1v) is 8.96. The third-order valence-electron chi connectivity index (χ3n) is 3.51. The molecule has 2 rings (SSSR count). The maximum Gasteiger partial charge on any atom is 0.252 e. The number of hydrogen-bond donors (Lipinski definition) is 2. The van der Waals surface area contributed by atoms with E-state index in [1.54, 1.807) is 6.07 Å². The average molecular weight is 353 g/mol. The standard InChI is InChI=1S/C11H17ClN4O3S2/c1-8(11(13)14-17)15-4-6-16(7-5-15)21(18,19)10-3-2-9(12)20-10/h2-3,8,17H,4-7H2,1H3,(H2,13,14). The molecule has 0 spiro atoms. The Morgan fingerprint density at radius 1 is 1.43 bits per heavy atom. The summed E-state index contributed by atoms with van der Waals surface area (Å²) in [6.45, 7) is 3.59. The summed E-state index contributed by atoms with van der Waals surface area (Å²) in [6.07, 6.45) is 0. The van der Waals surface area contributed by atoms with Crippen LogP contribution in [0.5, 0.6) is 0 Å². The number of nitrogens with zero attached hydrogens (tertiary/aromatic N) is 3. The van der Waals surface area contributed by atoms with E-state index in [0.717, 1.165) is 11.3 Å². The van der Waals surface area contributed by atoms with Crippen LogP contribution in [0.15, 0.2) is 21.5 Å². The Bertz CT molecular complexity index is 623. The van der Waals surface area contributed by atoms with Gasteiger partial charge in [0.25, 0.3) is 10.0 Å². The first-order chi connectivity index (χ1) is 9.86. The van der Waals surface area contributed by atoms with Crippen LogP contribution in [0.3, 0.4) is 0 Å². The molecule has 2 heterocycles. The van der Waals surface area contributed by atoms with Gasteiger partial charge in [-0.1, -0.05) is 16.8 Å². The molecule has 0 aliphatic carbocycles. The van der Waals surface area contributed by atoms with E-state index in [4.69, 9.17) is 22.5 Å². The molecular weight excluding hydrogens is 336 g/mol. The molecule has 0 radical (unpaired) electrons. The van der Waals surface area contributed by atoms with Gasteiger partial charge in [0, 0.05) is 26.2 Å². The van der Waals surface area contributed by atoms with Gasteiger partial charge in [-0.2, -0.15) is 4.31 Å². The van der Waals surface area contributed by atoms with Crippen molar-refractivity contribution >= 4 is 38.8 Å². The zero-order chi connectivity index (χ0) is 15.6. The van der Waals surface area contributed by atoms with Crippen LogP contribution in [0.2, 0.25) is 4.34 Å². The van der Waals surface area contributed by atoms with E-state index in [1.807, 2.05) is 11.8 Å². The summed E-state index contributed by atoms with van der Waals surface area (Å²) in [5.41, 5.74) is 5.58. The fourth-order valence-corrected chi connectivity index (χ4v) is 5.22.